The minimum atomic E-state index is -0.418. The number of nitrogens with zero attached hydrogens (tertiary/aromatic N) is 3. The summed E-state index contributed by atoms with van der Waals surface area (Å²) in [5.41, 5.74) is 2.27. The molecule has 1 saturated heterocycles. The van der Waals surface area contributed by atoms with Crippen molar-refractivity contribution in [2.75, 3.05) is 33.1 Å². The Morgan fingerprint density at radius 2 is 1.85 bits per heavy atom. The van der Waals surface area contributed by atoms with Gasteiger partial charge in [0.05, 0.1) is 32.1 Å². The predicted molar refractivity (Wildman–Crippen MR) is 120 cm³/mol. The van der Waals surface area contributed by atoms with Crippen molar-refractivity contribution < 1.29 is 28.2 Å². The Morgan fingerprint density at radius 1 is 1.12 bits per heavy atom. The Balaban J connectivity index is 1.85. The van der Waals surface area contributed by atoms with E-state index >= 15 is 0 Å². The van der Waals surface area contributed by atoms with Crippen LogP contribution in [0.15, 0.2) is 35.6 Å². The molecule has 0 aliphatic carbocycles. The van der Waals surface area contributed by atoms with Crippen molar-refractivity contribution in [1.29, 1.82) is 0 Å². The molecule has 10 heteroatoms. The molecule has 0 N–H and O–H groups in total. The van der Waals surface area contributed by atoms with E-state index in [-0.39, 0.29) is 42.2 Å². The third-order valence-electron chi connectivity index (χ3n) is 5.43. The number of aromatic nitrogens is 2. The Labute approximate surface area is 195 Å². The van der Waals surface area contributed by atoms with Crippen molar-refractivity contribution in [3.8, 4) is 11.1 Å². The van der Waals surface area contributed by atoms with Gasteiger partial charge >= 0.3 is 11.9 Å². The van der Waals surface area contributed by atoms with Crippen LogP contribution >= 0.6 is 11.8 Å². The number of carbonyl (C=O) groups excluding carboxylic acids is 3. The average molecular weight is 476 g/mol. The van der Waals surface area contributed by atoms with Gasteiger partial charge in [0.1, 0.15) is 5.82 Å². The van der Waals surface area contributed by atoms with Crippen molar-refractivity contribution >= 4 is 29.6 Å². The van der Waals surface area contributed by atoms with Crippen LogP contribution in [0.4, 0.5) is 4.39 Å². The maximum Gasteiger partial charge on any atom is 0.316 e. The first-order valence-corrected chi connectivity index (χ1v) is 11.6. The molecule has 0 spiro atoms. The Kier molecular flexibility index (Phi) is 8.76. The summed E-state index contributed by atoms with van der Waals surface area (Å²) in [5, 5.41) is 0.426. The highest BCUT2D eigenvalue weighted by atomic mass is 32.2. The number of piperidine rings is 1. The number of methoxy groups -OCH3 is 2. The van der Waals surface area contributed by atoms with Crippen LogP contribution in [0.2, 0.25) is 0 Å². The lowest BCUT2D eigenvalue weighted by molar-refractivity contribution is -0.143. The van der Waals surface area contributed by atoms with Gasteiger partial charge in [-0.25, -0.2) is 14.4 Å². The van der Waals surface area contributed by atoms with E-state index in [1.165, 1.54) is 38.1 Å². The fraction of sp³-hybridized carbons (Fsp3) is 0.435. The van der Waals surface area contributed by atoms with E-state index in [4.69, 9.17) is 4.98 Å². The SMILES string of the molecule is COC(=O)CCC(=O)N1CCCC(c2nc(SCC(=O)OC)ncc2-c2ccc(F)cc2)C1. The molecule has 1 aromatic carbocycles. The van der Waals surface area contributed by atoms with Crippen molar-refractivity contribution in [1.82, 2.24) is 14.9 Å². The number of halogens is 1. The van der Waals surface area contributed by atoms with Crippen molar-refractivity contribution in [3.63, 3.8) is 0 Å². The van der Waals surface area contributed by atoms with Gasteiger partial charge in [-0.15, -0.1) is 0 Å². The molecule has 1 amide bonds. The monoisotopic (exact) mass is 475 g/mol. The molecule has 1 aliphatic rings. The summed E-state index contributed by atoms with van der Waals surface area (Å²) in [6.07, 6.45) is 3.40. The number of ether oxygens (including phenoxy) is 2. The van der Waals surface area contributed by atoms with E-state index in [1.54, 1.807) is 23.2 Å². The van der Waals surface area contributed by atoms with Crippen LogP contribution in [0.1, 0.15) is 37.3 Å². The zero-order valence-electron chi connectivity index (χ0n) is 18.6. The summed E-state index contributed by atoms with van der Waals surface area (Å²) in [4.78, 5) is 46.4. The minimum Gasteiger partial charge on any atom is -0.469 e. The van der Waals surface area contributed by atoms with Gasteiger partial charge in [0.15, 0.2) is 5.16 Å². The molecule has 1 fully saturated rings. The molecule has 176 valence electrons. The number of hydrogen-bond acceptors (Lipinski definition) is 8. The number of benzene rings is 1. The quantitative estimate of drug-likeness (QED) is 0.326. The van der Waals surface area contributed by atoms with Crippen LogP contribution in [0.5, 0.6) is 0 Å². The van der Waals surface area contributed by atoms with Crippen molar-refractivity contribution in [2.24, 2.45) is 0 Å². The van der Waals surface area contributed by atoms with E-state index in [0.717, 1.165) is 29.7 Å². The second-order valence-electron chi connectivity index (χ2n) is 7.58. The van der Waals surface area contributed by atoms with Gasteiger partial charge in [-0.3, -0.25) is 14.4 Å². The third-order valence-corrected chi connectivity index (χ3v) is 6.26. The van der Waals surface area contributed by atoms with Gasteiger partial charge in [0, 0.05) is 37.2 Å². The molecule has 1 aromatic heterocycles. The molecule has 2 heterocycles. The second kappa shape index (κ2) is 11.7. The summed E-state index contributed by atoms with van der Waals surface area (Å²) >= 11 is 1.17. The van der Waals surface area contributed by atoms with Crippen LogP contribution in [0, 0.1) is 5.82 Å². The lowest BCUT2D eigenvalue weighted by Gasteiger charge is -2.33. The lowest BCUT2D eigenvalue weighted by atomic mass is 9.90. The lowest BCUT2D eigenvalue weighted by Crippen LogP contribution is -2.39. The molecular weight excluding hydrogens is 449 g/mol. The molecule has 1 atom stereocenters. The molecule has 0 saturated carbocycles. The Hall–Kier alpha value is -3.01. The molecule has 3 rings (SSSR count). The highest BCUT2D eigenvalue weighted by Crippen LogP contribution is 2.34. The van der Waals surface area contributed by atoms with E-state index in [9.17, 15) is 18.8 Å². The standard InChI is InChI=1S/C23H26FN3O5S/c1-31-20(29)10-9-19(28)27-11-3-4-16(13-27)22-18(15-5-7-17(24)8-6-15)12-25-23(26-22)33-14-21(30)32-2/h5-8,12,16H,3-4,9-11,13-14H2,1-2H3. The fourth-order valence-corrected chi connectivity index (χ4v) is 4.34. The highest BCUT2D eigenvalue weighted by Gasteiger charge is 2.28. The molecule has 0 bridgehead atoms. The second-order valence-corrected chi connectivity index (χ2v) is 8.52. The highest BCUT2D eigenvalue weighted by molar-refractivity contribution is 7.99. The number of likely N-dealkylation sites (tertiary alicyclic amines) is 1. The molecule has 1 aliphatic heterocycles. The van der Waals surface area contributed by atoms with Gasteiger partial charge in [0.2, 0.25) is 5.91 Å². The number of thioether (sulfide) groups is 1. The summed E-state index contributed by atoms with van der Waals surface area (Å²) in [7, 11) is 2.62. The van der Waals surface area contributed by atoms with Gasteiger partial charge in [0.25, 0.3) is 0 Å². The maximum absolute atomic E-state index is 13.5. The van der Waals surface area contributed by atoms with Crippen molar-refractivity contribution in [2.45, 2.75) is 36.8 Å². The normalized spacial score (nSPS) is 15.7. The third kappa shape index (κ3) is 6.74. The van der Waals surface area contributed by atoms with Crippen LogP contribution in [0.3, 0.4) is 0 Å². The zero-order valence-corrected chi connectivity index (χ0v) is 19.4. The summed E-state index contributed by atoms with van der Waals surface area (Å²) in [6, 6.07) is 6.09. The number of rotatable bonds is 8. The maximum atomic E-state index is 13.5. The molecule has 8 nitrogen and oxygen atoms in total. The Morgan fingerprint density at radius 3 is 2.55 bits per heavy atom. The topological polar surface area (TPSA) is 98.7 Å². The average Bonchev–Trinajstić information content (AvgIpc) is 2.86. The predicted octanol–water partition coefficient (Wildman–Crippen LogP) is 3.21. The molecule has 0 radical (unpaired) electrons. The molecule has 1 unspecified atom stereocenters. The van der Waals surface area contributed by atoms with E-state index in [1.807, 2.05) is 0 Å². The van der Waals surface area contributed by atoms with E-state index < -0.39 is 5.97 Å². The number of carbonyl (C=O) groups is 3. The van der Waals surface area contributed by atoms with Gasteiger partial charge in [-0.05, 0) is 30.5 Å². The number of esters is 2. The van der Waals surface area contributed by atoms with Gasteiger partial charge < -0.3 is 14.4 Å². The molecular formula is C23H26FN3O5S. The number of amides is 1. The first kappa shape index (κ1) is 24.6. The summed E-state index contributed by atoms with van der Waals surface area (Å²) in [5.74, 6) is -1.24. The Bertz CT molecular complexity index is 1000. The van der Waals surface area contributed by atoms with E-state index in [2.05, 4.69) is 14.5 Å². The number of hydrogen-bond donors (Lipinski definition) is 0. The summed E-state index contributed by atoms with van der Waals surface area (Å²) in [6.45, 7) is 1.06. The van der Waals surface area contributed by atoms with Gasteiger partial charge in [-0.1, -0.05) is 23.9 Å². The molecule has 2 aromatic rings. The van der Waals surface area contributed by atoms with Gasteiger partial charge in [-0.2, -0.15) is 0 Å². The summed E-state index contributed by atoms with van der Waals surface area (Å²) < 4.78 is 22.8. The van der Waals surface area contributed by atoms with Crippen molar-refractivity contribution in [3.05, 3.63) is 42.0 Å². The smallest absolute Gasteiger partial charge is 0.316 e. The first-order chi connectivity index (χ1) is 15.9. The van der Waals surface area contributed by atoms with Crippen LogP contribution in [0.25, 0.3) is 11.1 Å². The fourth-order valence-electron chi connectivity index (χ4n) is 3.69. The largest absolute Gasteiger partial charge is 0.469 e. The zero-order chi connectivity index (χ0) is 23.8. The minimum absolute atomic E-state index is 0.0408. The van der Waals surface area contributed by atoms with Crippen LogP contribution in [-0.2, 0) is 23.9 Å². The van der Waals surface area contributed by atoms with Crippen LogP contribution in [-0.4, -0.2) is 65.8 Å². The molecule has 33 heavy (non-hydrogen) atoms. The van der Waals surface area contributed by atoms with Crippen LogP contribution < -0.4 is 0 Å². The van der Waals surface area contributed by atoms with E-state index in [0.29, 0.717) is 18.2 Å². The first-order valence-electron chi connectivity index (χ1n) is 10.6.